The highest BCUT2D eigenvalue weighted by molar-refractivity contribution is 5.79. The molecule has 0 amide bonds. The molecule has 25 heavy (non-hydrogen) atoms. The van der Waals surface area contributed by atoms with Gasteiger partial charge in [-0.25, -0.2) is 4.98 Å². The summed E-state index contributed by atoms with van der Waals surface area (Å²) in [5.74, 6) is 1.85. The summed E-state index contributed by atoms with van der Waals surface area (Å²) < 4.78 is 7.53. The average molecular weight is 337 g/mol. The molecule has 1 aromatic heterocycles. The standard InChI is InChI=1S/C20H23N3O2/c1-25-17-8-6-15(7-9-17)14-23-19-5-3-2-4-18(19)21-20(23)22-12-10-16(24)11-13-22/h2-9,16,24H,10-14H2,1H3. The van der Waals surface area contributed by atoms with Crippen LogP contribution >= 0.6 is 0 Å². The summed E-state index contributed by atoms with van der Waals surface area (Å²) >= 11 is 0. The van der Waals surface area contributed by atoms with Crippen molar-refractivity contribution < 1.29 is 9.84 Å². The number of hydrogen-bond acceptors (Lipinski definition) is 4. The lowest BCUT2D eigenvalue weighted by molar-refractivity contribution is 0.145. The van der Waals surface area contributed by atoms with Crippen LogP contribution < -0.4 is 9.64 Å². The number of methoxy groups -OCH3 is 1. The number of piperidine rings is 1. The minimum atomic E-state index is -0.185. The minimum Gasteiger partial charge on any atom is -0.497 e. The Morgan fingerprint density at radius 2 is 1.80 bits per heavy atom. The molecule has 130 valence electrons. The summed E-state index contributed by atoms with van der Waals surface area (Å²) in [6.07, 6.45) is 1.41. The Balaban J connectivity index is 1.71. The Morgan fingerprint density at radius 3 is 2.52 bits per heavy atom. The number of fused-ring (bicyclic) bond motifs is 1. The third-order valence-corrected chi connectivity index (χ3v) is 4.88. The maximum absolute atomic E-state index is 9.80. The zero-order valence-electron chi connectivity index (χ0n) is 14.4. The predicted molar refractivity (Wildman–Crippen MR) is 99.3 cm³/mol. The quantitative estimate of drug-likeness (QED) is 0.795. The summed E-state index contributed by atoms with van der Waals surface area (Å²) in [5.41, 5.74) is 3.36. The second-order valence-electron chi connectivity index (χ2n) is 6.55. The van der Waals surface area contributed by atoms with Gasteiger partial charge in [0.2, 0.25) is 5.95 Å². The average Bonchev–Trinajstić information content (AvgIpc) is 3.02. The number of nitrogens with zero attached hydrogens (tertiary/aromatic N) is 3. The number of benzene rings is 2. The molecule has 1 aliphatic rings. The second-order valence-corrected chi connectivity index (χ2v) is 6.55. The van der Waals surface area contributed by atoms with Crippen LogP contribution in [0.5, 0.6) is 5.75 Å². The number of aliphatic hydroxyl groups is 1. The molecule has 1 aliphatic heterocycles. The van der Waals surface area contributed by atoms with E-state index in [-0.39, 0.29) is 6.10 Å². The van der Waals surface area contributed by atoms with E-state index in [1.807, 2.05) is 18.2 Å². The molecule has 3 aromatic rings. The van der Waals surface area contributed by atoms with Crippen molar-refractivity contribution in [3.05, 3.63) is 54.1 Å². The zero-order chi connectivity index (χ0) is 17.2. The van der Waals surface area contributed by atoms with E-state index in [2.05, 4.69) is 39.8 Å². The van der Waals surface area contributed by atoms with Gasteiger partial charge in [0.15, 0.2) is 0 Å². The van der Waals surface area contributed by atoms with Gasteiger partial charge in [0.25, 0.3) is 0 Å². The highest BCUT2D eigenvalue weighted by Crippen LogP contribution is 2.26. The van der Waals surface area contributed by atoms with E-state index >= 15 is 0 Å². The summed E-state index contributed by atoms with van der Waals surface area (Å²) in [6, 6.07) is 16.4. The smallest absolute Gasteiger partial charge is 0.206 e. The first-order valence-corrected chi connectivity index (χ1v) is 8.76. The molecule has 0 aliphatic carbocycles. The van der Waals surface area contributed by atoms with Crippen molar-refractivity contribution in [2.45, 2.75) is 25.5 Å². The van der Waals surface area contributed by atoms with Crippen molar-refractivity contribution in [1.29, 1.82) is 0 Å². The van der Waals surface area contributed by atoms with Crippen LogP contribution in [-0.4, -0.2) is 41.0 Å². The molecule has 1 fully saturated rings. The summed E-state index contributed by atoms with van der Waals surface area (Å²) in [6.45, 7) is 2.44. The van der Waals surface area contributed by atoms with E-state index in [0.717, 1.165) is 55.2 Å². The lowest BCUT2D eigenvalue weighted by atomic mass is 10.1. The SMILES string of the molecule is COc1ccc(Cn2c(N3CCC(O)CC3)nc3ccccc32)cc1. The molecule has 1 N–H and O–H groups in total. The highest BCUT2D eigenvalue weighted by Gasteiger charge is 2.22. The molecule has 0 bridgehead atoms. The molecule has 0 radical (unpaired) electrons. The molecule has 5 nitrogen and oxygen atoms in total. The van der Waals surface area contributed by atoms with Gasteiger partial charge in [0, 0.05) is 13.1 Å². The number of ether oxygens (including phenoxy) is 1. The van der Waals surface area contributed by atoms with E-state index in [0.29, 0.717) is 0 Å². The third-order valence-electron chi connectivity index (χ3n) is 4.88. The number of hydrogen-bond donors (Lipinski definition) is 1. The second kappa shape index (κ2) is 6.76. The van der Waals surface area contributed by atoms with Crippen LogP contribution in [0.1, 0.15) is 18.4 Å². The summed E-state index contributed by atoms with van der Waals surface area (Å²) in [7, 11) is 1.68. The van der Waals surface area contributed by atoms with Crippen LogP contribution in [0.4, 0.5) is 5.95 Å². The van der Waals surface area contributed by atoms with Crippen LogP contribution in [0.15, 0.2) is 48.5 Å². The van der Waals surface area contributed by atoms with E-state index < -0.39 is 0 Å². The van der Waals surface area contributed by atoms with Gasteiger partial charge in [-0.05, 0) is 42.7 Å². The van der Waals surface area contributed by atoms with E-state index in [9.17, 15) is 5.11 Å². The minimum absolute atomic E-state index is 0.185. The Bertz CT molecular complexity index is 849. The molecule has 2 heterocycles. The number of aromatic nitrogens is 2. The molecule has 5 heteroatoms. The Labute approximate surface area is 147 Å². The molecular weight excluding hydrogens is 314 g/mol. The monoisotopic (exact) mass is 337 g/mol. The van der Waals surface area contributed by atoms with Gasteiger partial charge in [-0.2, -0.15) is 0 Å². The number of imidazole rings is 1. The van der Waals surface area contributed by atoms with Crippen LogP contribution in [0.2, 0.25) is 0 Å². The van der Waals surface area contributed by atoms with Gasteiger partial charge in [0.05, 0.1) is 30.8 Å². The van der Waals surface area contributed by atoms with Gasteiger partial charge in [-0.1, -0.05) is 24.3 Å². The first-order valence-electron chi connectivity index (χ1n) is 8.76. The highest BCUT2D eigenvalue weighted by atomic mass is 16.5. The lowest BCUT2D eigenvalue weighted by Gasteiger charge is -2.30. The molecule has 1 saturated heterocycles. The molecule has 0 atom stereocenters. The Kier molecular flexibility index (Phi) is 4.32. The molecular formula is C20H23N3O2. The van der Waals surface area contributed by atoms with Crippen molar-refractivity contribution in [3.8, 4) is 5.75 Å². The van der Waals surface area contributed by atoms with Gasteiger partial charge in [0.1, 0.15) is 5.75 Å². The fraction of sp³-hybridized carbons (Fsp3) is 0.350. The van der Waals surface area contributed by atoms with Gasteiger partial charge >= 0.3 is 0 Å². The van der Waals surface area contributed by atoms with E-state index in [4.69, 9.17) is 9.72 Å². The molecule has 0 saturated carbocycles. The molecule has 0 spiro atoms. The molecule has 4 rings (SSSR count). The first kappa shape index (κ1) is 16.0. The topological polar surface area (TPSA) is 50.5 Å². The van der Waals surface area contributed by atoms with Crippen LogP contribution in [0.25, 0.3) is 11.0 Å². The lowest BCUT2D eigenvalue weighted by Crippen LogP contribution is -2.37. The van der Waals surface area contributed by atoms with E-state index in [1.54, 1.807) is 7.11 Å². The van der Waals surface area contributed by atoms with Crippen molar-refractivity contribution >= 4 is 17.0 Å². The number of rotatable bonds is 4. The normalized spacial score (nSPS) is 15.7. The zero-order valence-corrected chi connectivity index (χ0v) is 14.4. The summed E-state index contributed by atoms with van der Waals surface area (Å²) in [4.78, 5) is 7.16. The van der Waals surface area contributed by atoms with Gasteiger partial charge in [-0.15, -0.1) is 0 Å². The Hall–Kier alpha value is -2.53. The van der Waals surface area contributed by atoms with Crippen LogP contribution in [0, 0.1) is 0 Å². The van der Waals surface area contributed by atoms with Crippen molar-refractivity contribution in [2.24, 2.45) is 0 Å². The van der Waals surface area contributed by atoms with Crippen molar-refractivity contribution in [1.82, 2.24) is 9.55 Å². The largest absolute Gasteiger partial charge is 0.497 e. The fourth-order valence-electron chi connectivity index (χ4n) is 3.44. The van der Waals surface area contributed by atoms with Crippen LogP contribution in [-0.2, 0) is 6.54 Å². The van der Waals surface area contributed by atoms with Gasteiger partial charge < -0.3 is 19.3 Å². The van der Waals surface area contributed by atoms with Crippen LogP contribution in [0.3, 0.4) is 0 Å². The summed E-state index contributed by atoms with van der Waals surface area (Å²) in [5, 5.41) is 9.80. The van der Waals surface area contributed by atoms with Crippen molar-refractivity contribution in [3.63, 3.8) is 0 Å². The number of anilines is 1. The number of aliphatic hydroxyl groups excluding tert-OH is 1. The third kappa shape index (κ3) is 3.20. The number of para-hydroxylation sites is 2. The molecule has 0 unspecified atom stereocenters. The predicted octanol–water partition coefficient (Wildman–Crippen LogP) is 3.05. The maximum atomic E-state index is 9.80. The first-order chi connectivity index (χ1) is 12.2. The van der Waals surface area contributed by atoms with Gasteiger partial charge in [-0.3, -0.25) is 0 Å². The van der Waals surface area contributed by atoms with E-state index in [1.165, 1.54) is 5.56 Å². The fourth-order valence-corrected chi connectivity index (χ4v) is 3.44. The molecule has 2 aromatic carbocycles. The Morgan fingerprint density at radius 1 is 1.08 bits per heavy atom. The van der Waals surface area contributed by atoms with Crippen molar-refractivity contribution in [2.75, 3.05) is 25.1 Å². The maximum Gasteiger partial charge on any atom is 0.206 e.